The second-order valence-corrected chi connectivity index (χ2v) is 6.98. The highest BCUT2D eigenvalue weighted by Crippen LogP contribution is 2.31. The Morgan fingerprint density at radius 3 is 2.69 bits per heavy atom. The topological polar surface area (TPSA) is 91.7 Å². The number of amides is 1. The van der Waals surface area contributed by atoms with E-state index in [1.165, 1.54) is 0 Å². The monoisotopic (exact) mass is 401 g/mol. The van der Waals surface area contributed by atoms with Crippen molar-refractivity contribution in [3.63, 3.8) is 0 Å². The van der Waals surface area contributed by atoms with Gasteiger partial charge < -0.3 is 14.2 Å². The molecule has 1 heterocycles. The van der Waals surface area contributed by atoms with Crippen LogP contribution in [0.25, 0.3) is 0 Å². The molecule has 0 spiro atoms. The van der Waals surface area contributed by atoms with Crippen molar-refractivity contribution in [2.75, 3.05) is 25.6 Å². The summed E-state index contributed by atoms with van der Waals surface area (Å²) in [6.45, 7) is 1.17. The number of hydrogen-bond donors (Lipinski definition) is 1. The van der Waals surface area contributed by atoms with Crippen molar-refractivity contribution in [1.82, 2.24) is 9.78 Å². The highest BCUT2D eigenvalue weighted by atomic mass is 16.5. The number of Topliss-reactive ketones (excluding diaryl/α,β-unsaturated/α-hetero) is 1. The van der Waals surface area contributed by atoms with E-state index in [9.17, 15) is 9.59 Å². The molecule has 3 rings (SSSR count). The lowest BCUT2D eigenvalue weighted by molar-refractivity contribution is -0.120. The molecule has 1 N–H and O–H groups in total. The molecule has 1 aromatic carbocycles. The van der Waals surface area contributed by atoms with Crippen LogP contribution in [0, 0.1) is 0 Å². The summed E-state index contributed by atoms with van der Waals surface area (Å²) in [5.74, 6) is 0.627. The van der Waals surface area contributed by atoms with Crippen molar-refractivity contribution in [3.8, 4) is 5.88 Å². The second-order valence-electron chi connectivity index (χ2n) is 6.98. The average Bonchev–Trinajstić information content (AvgIpc) is 3.13. The van der Waals surface area contributed by atoms with Crippen molar-refractivity contribution in [2.45, 2.75) is 44.8 Å². The minimum Gasteiger partial charge on any atom is -0.475 e. The normalized spacial score (nSPS) is 14.6. The molecule has 0 unspecified atom stereocenters. The predicted octanol–water partition coefficient (Wildman–Crippen LogP) is 3.73. The van der Waals surface area contributed by atoms with Gasteiger partial charge in [0, 0.05) is 33.0 Å². The molecule has 1 fully saturated rings. The van der Waals surface area contributed by atoms with Gasteiger partial charge in [-0.2, -0.15) is 0 Å². The first-order valence-electron chi connectivity index (χ1n) is 9.86. The molecule has 1 aliphatic carbocycles. The number of benzene rings is 1. The number of ether oxygens (including phenoxy) is 3. The summed E-state index contributed by atoms with van der Waals surface area (Å²) in [6, 6.07) is 9.58. The first kappa shape index (κ1) is 20.9. The highest BCUT2D eigenvalue weighted by Gasteiger charge is 2.23. The van der Waals surface area contributed by atoms with E-state index in [2.05, 4.69) is 10.4 Å². The zero-order chi connectivity index (χ0) is 20.5. The van der Waals surface area contributed by atoms with Crippen molar-refractivity contribution < 1.29 is 23.8 Å². The number of methoxy groups -OCH3 is 1. The van der Waals surface area contributed by atoms with Gasteiger partial charge >= 0.3 is 6.09 Å². The van der Waals surface area contributed by atoms with Crippen LogP contribution in [-0.2, 0) is 20.9 Å². The molecule has 1 aliphatic rings. The van der Waals surface area contributed by atoms with Gasteiger partial charge in [0.05, 0.1) is 18.8 Å². The summed E-state index contributed by atoms with van der Waals surface area (Å²) in [4.78, 5) is 23.8. The van der Waals surface area contributed by atoms with Crippen LogP contribution in [0.2, 0.25) is 0 Å². The van der Waals surface area contributed by atoms with Crippen LogP contribution in [0.4, 0.5) is 10.5 Å². The first-order valence-corrected chi connectivity index (χ1v) is 9.86. The largest absolute Gasteiger partial charge is 0.475 e. The Bertz CT molecular complexity index is 796. The zero-order valence-electron chi connectivity index (χ0n) is 16.6. The molecule has 29 heavy (non-hydrogen) atoms. The van der Waals surface area contributed by atoms with Gasteiger partial charge in [0.2, 0.25) is 0 Å². The molecule has 156 valence electrons. The lowest BCUT2D eigenvalue weighted by Gasteiger charge is -2.20. The van der Waals surface area contributed by atoms with Crippen molar-refractivity contribution >= 4 is 17.6 Å². The Labute approximate surface area is 170 Å². The van der Waals surface area contributed by atoms with E-state index in [1.807, 2.05) is 30.3 Å². The number of rotatable bonds is 9. The van der Waals surface area contributed by atoms with Crippen LogP contribution < -0.4 is 10.1 Å². The number of nitrogens with one attached hydrogen (secondary N) is 1. The summed E-state index contributed by atoms with van der Waals surface area (Å²) >= 11 is 0. The minimum atomic E-state index is -0.575. The fraction of sp³-hybridized carbons (Fsp3) is 0.476. The fourth-order valence-electron chi connectivity index (χ4n) is 3.18. The molecular weight excluding hydrogens is 374 g/mol. The standard InChI is InChI=1S/C21H27N3O5/c1-27-12-5-13-28-20-19(14-24(23-20)17-8-10-18(25)11-9-17)22-21(26)29-15-16-6-3-2-4-7-16/h2-4,6-7,14,17H,5,8-13,15H2,1H3,(H,22,26). The molecule has 0 radical (unpaired) electrons. The number of carbonyl (C=O) groups excluding carboxylic acids is 2. The van der Waals surface area contributed by atoms with Gasteiger partial charge in [-0.15, -0.1) is 5.10 Å². The molecular formula is C21H27N3O5. The van der Waals surface area contributed by atoms with E-state index in [0.29, 0.717) is 44.0 Å². The molecule has 0 bridgehead atoms. The molecule has 1 saturated carbocycles. The maximum atomic E-state index is 12.3. The lowest BCUT2D eigenvalue weighted by atomic mass is 9.95. The molecule has 0 atom stereocenters. The van der Waals surface area contributed by atoms with Gasteiger partial charge in [-0.3, -0.25) is 14.8 Å². The Balaban J connectivity index is 1.63. The SMILES string of the molecule is COCCCOc1nn(C2CCC(=O)CC2)cc1NC(=O)OCc1ccccc1. The lowest BCUT2D eigenvalue weighted by Crippen LogP contribution is -2.18. The highest BCUT2D eigenvalue weighted by molar-refractivity contribution is 5.86. The summed E-state index contributed by atoms with van der Waals surface area (Å²) in [5, 5.41) is 7.22. The van der Waals surface area contributed by atoms with Crippen LogP contribution in [0.1, 0.15) is 43.7 Å². The number of aromatic nitrogens is 2. The Morgan fingerprint density at radius 2 is 1.97 bits per heavy atom. The molecule has 2 aromatic rings. The van der Waals surface area contributed by atoms with Gasteiger partial charge in [0.25, 0.3) is 5.88 Å². The Morgan fingerprint density at radius 1 is 1.21 bits per heavy atom. The van der Waals surface area contributed by atoms with E-state index in [4.69, 9.17) is 14.2 Å². The van der Waals surface area contributed by atoms with Crippen LogP contribution in [0.3, 0.4) is 0 Å². The second kappa shape index (κ2) is 10.6. The van der Waals surface area contributed by atoms with Gasteiger partial charge in [-0.1, -0.05) is 30.3 Å². The quantitative estimate of drug-likeness (QED) is 0.644. The van der Waals surface area contributed by atoms with Crippen LogP contribution in [0.5, 0.6) is 5.88 Å². The van der Waals surface area contributed by atoms with E-state index in [1.54, 1.807) is 18.0 Å². The number of carbonyl (C=O) groups is 2. The molecule has 1 aromatic heterocycles. The number of anilines is 1. The molecule has 8 nitrogen and oxygen atoms in total. The summed E-state index contributed by atoms with van der Waals surface area (Å²) in [7, 11) is 1.63. The third-order valence-corrected chi connectivity index (χ3v) is 4.77. The van der Waals surface area contributed by atoms with Crippen LogP contribution in [0.15, 0.2) is 36.5 Å². The Kier molecular flexibility index (Phi) is 7.63. The maximum Gasteiger partial charge on any atom is 0.412 e. The predicted molar refractivity (Wildman–Crippen MR) is 107 cm³/mol. The summed E-state index contributed by atoms with van der Waals surface area (Å²) in [5.41, 5.74) is 1.36. The molecule has 1 amide bonds. The first-order chi connectivity index (χ1) is 14.2. The van der Waals surface area contributed by atoms with E-state index in [-0.39, 0.29) is 18.4 Å². The van der Waals surface area contributed by atoms with E-state index >= 15 is 0 Å². The van der Waals surface area contributed by atoms with Gasteiger partial charge in [-0.25, -0.2) is 4.79 Å². The van der Waals surface area contributed by atoms with Crippen molar-refractivity contribution in [3.05, 3.63) is 42.1 Å². The maximum absolute atomic E-state index is 12.3. The van der Waals surface area contributed by atoms with Crippen molar-refractivity contribution in [2.24, 2.45) is 0 Å². The third-order valence-electron chi connectivity index (χ3n) is 4.77. The minimum absolute atomic E-state index is 0.116. The number of ketones is 1. The smallest absolute Gasteiger partial charge is 0.412 e. The fourth-order valence-corrected chi connectivity index (χ4v) is 3.18. The van der Waals surface area contributed by atoms with E-state index in [0.717, 1.165) is 18.4 Å². The summed E-state index contributed by atoms with van der Waals surface area (Å²) in [6.07, 6.45) is 4.46. The van der Waals surface area contributed by atoms with E-state index < -0.39 is 6.09 Å². The molecule has 8 heteroatoms. The van der Waals surface area contributed by atoms with Crippen LogP contribution >= 0.6 is 0 Å². The molecule has 0 aliphatic heterocycles. The third kappa shape index (κ3) is 6.32. The van der Waals surface area contributed by atoms with Gasteiger partial charge in [-0.05, 0) is 18.4 Å². The molecule has 0 saturated heterocycles. The average molecular weight is 401 g/mol. The van der Waals surface area contributed by atoms with Crippen molar-refractivity contribution in [1.29, 1.82) is 0 Å². The zero-order valence-corrected chi connectivity index (χ0v) is 16.6. The Hall–Kier alpha value is -2.87. The number of nitrogens with zero attached hydrogens (tertiary/aromatic N) is 2. The van der Waals surface area contributed by atoms with Crippen LogP contribution in [-0.4, -0.2) is 42.0 Å². The van der Waals surface area contributed by atoms with Gasteiger partial charge in [0.15, 0.2) is 0 Å². The van der Waals surface area contributed by atoms with Gasteiger partial charge in [0.1, 0.15) is 18.1 Å². The summed E-state index contributed by atoms with van der Waals surface area (Å²) < 4.78 is 17.9. The number of hydrogen-bond acceptors (Lipinski definition) is 6.